The van der Waals surface area contributed by atoms with Crippen LogP contribution < -0.4 is 5.32 Å². The van der Waals surface area contributed by atoms with Crippen molar-refractivity contribution in [3.05, 3.63) is 52.2 Å². The molecule has 2 heterocycles. The quantitative estimate of drug-likeness (QED) is 0.912. The summed E-state index contributed by atoms with van der Waals surface area (Å²) in [7, 11) is 0. The molecule has 0 saturated carbocycles. The fraction of sp³-hybridized carbons (Fsp3) is 0.368. The van der Waals surface area contributed by atoms with Crippen molar-refractivity contribution in [2.24, 2.45) is 11.8 Å². The normalized spacial score (nSPS) is 20.7. The third-order valence-electron chi connectivity index (χ3n) is 4.29. The van der Waals surface area contributed by atoms with Crippen molar-refractivity contribution in [3.8, 4) is 0 Å². The molecule has 2 atom stereocenters. The minimum absolute atomic E-state index is 0.0736. The zero-order chi connectivity index (χ0) is 17.1. The largest absolute Gasteiger partial charge is 0.338 e. The Morgan fingerprint density at radius 1 is 1.08 bits per heavy atom. The van der Waals surface area contributed by atoms with Crippen LogP contribution in [-0.2, 0) is 0 Å². The smallest absolute Gasteiger partial charge is 0.265 e. The highest BCUT2D eigenvalue weighted by Gasteiger charge is 2.26. The standard InChI is InChI=1S/C19H22N2O2S/c1-13-10-14(2)12-21(11-13)19(23)15-5-7-16(8-6-15)20-18(22)17-4-3-9-24-17/h3-9,13-14H,10-12H2,1-2H3,(H,20,22). The Balaban J connectivity index is 1.65. The summed E-state index contributed by atoms with van der Waals surface area (Å²) in [4.78, 5) is 27.3. The van der Waals surface area contributed by atoms with Crippen molar-refractivity contribution in [1.29, 1.82) is 0 Å². The van der Waals surface area contributed by atoms with Crippen molar-refractivity contribution >= 4 is 28.8 Å². The molecule has 1 aliphatic heterocycles. The molecule has 2 aromatic rings. The van der Waals surface area contributed by atoms with Gasteiger partial charge in [0.05, 0.1) is 4.88 Å². The number of amides is 2. The number of likely N-dealkylation sites (tertiary alicyclic amines) is 1. The highest BCUT2D eigenvalue weighted by molar-refractivity contribution is 7.12. The van der Waals surface area contributed by atoms with Gasteiger partial charge in [-0.15, -0.1) is 11.3 Å². The van der Waals surface area contributed by atoms with Gasteiger partial charge in [-0.3, -0.25) is 9.59 Å². The molecule has 1 N–H and O–H groups in total. The van der Waals surface area contributed by atoms with Crippen LogP contribution in [0.2, 0.25) is 0 Å². The first-order valence-corrected chi connectivity index (χ1v) is 9.15. The first-order valence-electron chi connectivity index (χ1n) is 8.27. The van der Waals surface area contributed by atoms with E-state index in [0.29, 0.717) is 28.0 Å². The van der Waals surface area contributed by atoms with Crippen molar-refractivity contribution in [2.75, 3.05) is 18.4 Å². The predicted octanol–water partition coefficient (Wildman–Crippen LogP) is 4.12. The van der Waals surface area contributed by atoms with Crippen LogP contribution in [0.3, 0.4) is 0 Å². The summed E-state index contributed by atoms with van der Waals surface area (Å²) in [6.45, 7) is 6.03. The Morgan fingerprint density at radius 2 is 1.75 bits per heavy atom. The fourth-order valence-electron chi connectivity index (χ4n) is 3.31. The number of nitrogens with one attached hydrogen (secondary N) is 1. The number of piperidine rings is 1. The Labute approximate surface area is 146 Å². The summed E-state index contributed by atoms with van der Waals surface area (Å²) in [6, 6.07) is 10.8. The van der Waals surface area contributed by atoms with Crippen molar-refractivity contribution in [2.45, 2.75) is 20.3 Å². The van der Waals surface area contributed by atoms with Crippen LogP contribution in [0, 0.1) is 11.8 Å². The number of hydrogen-bond donors (Lipinski definition) is 1. The Hall–Kier alpha value is -2.14. The second-order valence-electron chi connectivity index (χ2n) is 6.66. The monoisotopic (exact) mass is 342 g/mol. The summed E-state index contributed by atoms with van der Waals surface area (Å²) in [6.07, 6.45) is 1.18. The van der Waals surface area contributed by atoms with Crippen LogP contribution in [0.15, 0.2) is 41.8 Å². The summed E-state index contributed by atoms with van der Waals surface area (Å²) in [5, 5.41) is 4.72. The van der Waals surface area contributed by atoms with E-state index in [1.165, 1.54) is 17.8 Å². The Kier molecular flexibility index (Phi) is 5.00. The molecule has 2 amide bonds. The molecule has 126 valence electrons. The van der Waals surface area contributed by atoms with Crippen LogP contribution in [0.25, 0.3) is 0 Å². The lowest BCUT2D eigenvalue weighted by molar-refractivity contribution is 0.0623. The second-order valence-corrected chi connectivity index (χ2v) is 7.61. The van der Waals surface area contributed by atoms with E-state index >= 15 is 0 Å². The first kappa shape index (κ1) is 16.7. The van der Waals surface area contributed by atoms with Gasteiger partial charge >= 0.3 is 0 Å². The minimum Gasteiger partial charge on any atom is -0.338 e. The lowest BCUT2D eigenvalue weighted by Gasteiger charge is -2.35. The van der Waals surface area contributed by atoms with E-state index in [-0.39, 0.29) is 11.8 Å². The van der Waals surface area contributed by atoms with E-state index in [4.69, 9.17) is 0 Å². The molecule has 0 bridgehead atoms. The minimum atomic E-state index is -0.122. The van der Waals surface area contributed by atoms with Crippen LogP contribution >= 0.6 is 11.3 Å². The van der Waals surface area contributed by atoms with Crippen LogP contribution in [-0.4, -0.2) is 29.8 Å². The summed E-state index contributed by atoms with van der Waals surface area (Å²) in [5.74, 6) is 1.04. The average Bonchev–Trinajstić information content (AvgIpc) is 3.08. The molecule has 1 aromatic heterocycles. The maximum atomic E-state index is 12.7. The molecule has 1 fully saturated rings. The van der Waals surface area contributed by atoms with Gasteiger partial charge in [0, 0.05) is 24.3 Å². The van der Waals surface area contributed by atoms with Gasteiger partial charge in [0.1, 0.15) is 0 Å². The molecule has 1 aliphatic rings. The molecular weight excluding hydrogens is 320 g/mol. The first-order chi connectivity index (χ1) is 11.5. The van der Waals surface area contributed by atoms with E-state index in [0.717, 1.165) is 13.1 Å². The van der Waals surface area contributed by atoms with Gasteiger partial charge in [0.25, 0.3) is 11.8 Å². The van der Waals surface area contributed by atoms with Crippen LogP contribution in [0.1, 0.15) is 40.3 Å². The van der Waals surface area contributed by atoms with Crippen molar-refractivity contribution in [1.82, 2.24) is 4.90 Å². The Bertz CT molecular complexity index is 699. The fourth-order valence-corrected chi connectivity index (χ4v) is 3.93. The van der Waals surface area contributed by atoms with E-state index in [1.54, 1.807) is 30.3 Å². The van der Waals surface area contributed by atoms with Gasteiger partial charge in [-0.25, -0.2) is 0 Å². The second kappa shape index (κ2) is 7.18. The Morgan fingerprint density at radius 3 is 2.33 bits per heavy atom. The number of carbonyl (C=O) groups is 2. The number of nitrogens with zero attached hydrogens (tertiary/aromatic N) is 1. The van der Waals surface area contributed by atoms with Crippen LogP contribution in [0.5, 0.6) is 0 Å². The van der Waals surface area contributed by atoms with E-state index < -0.39 is 0 Å². The van der Waals surface area contributed by atoms with E-state index in [9.17, 15) is 9.59 Å². The molecule has 1 saturated heterocycles. The number of benzene rings is 1. The number of carbonyl (C=O) groups excluding carboxylic acids is 2. The summed E-state index contributed by atoms with van der Waals surface area (Å²) < 4.78 is 0. The molecule has 3 rings (SSSR count). The SMILES string of the molecule is CC1CC(C)CN(C(=O)c2ccc(NC(=O)c3cccs3)cc2)C1. The van der Waals surface area contributed by atoms with Gasteiger partial charge < -0.3 is 10.2 Å². The average molecular weight is 342 g/mol. The topological polar surface area (TPSA) is 49.4 Å². The van der Waals surface area contributed by atoms with Gasteiger partial charge in [-0.2, -0.15) is 0 Å². The van der Waals surface area contributed by atoms with Gasteiger partial charge in [-0.1, -0.05) is 19.9 Å². The zero-order valence-electron chi connectivity index (χ0n) is 14.0. The molecule has 5 heteroatoms. The highest BCUT2D eigenvalue weighted by atomic mass is 32.1. The van der Waals surface area contributed by atoms with E-state index in [1.807, 2.05) is 16.3 Å². The molecule has 0 spiro atoms. The van der Waals surface area contributed by atoms with Gasteiger partial charge in [0.15, 0.2) is 0 Å². The highest BCUT2D eigenvalue weighted by Crippen LogP contribution is 2.23. The molecule has 1 aromatic carbocycles. The van der Waals surface area contributed by atoms with Gasteiger partial charge in [-0.05, 0) is 54.0 Å². The molecule has 4 nitrogen and oxygen atoms in total. The molecule has 2 unspecified atom stereocenters. The third-order valence-corrected chi connectivity index (χ3v) is 5.16. The van der Waals surface area contributed by atoms with Crippen LogP contribution in [0.4, 0.5) is 5.69 Å². The number of hydrogen-bond acceptors (Lipinski definition) is 3. The number of thiophene rings is 1. The summed E-state index contributed by atoms with van der Waals surface area (Å²) >= 11 is 1.40. The lowest BCUT2D eigenvalue weighted by Crippen LogP contribution is -2.42. The van der Waals surface area contributed by atoms with Crippen molar-refractivity contribution in [3.63, 3.8) is 0 Å². The van der Waals surface area contributed by atoms with E-state index in [2.05, 4.69) is 19.2 Å². The lowest BCUT2D eigenvalue weighted by atomic mass is 9.91. The third kappa shape index (κ3) is 3.85. The number of rotatable bonds is 3. The molecule has 0 aliphatic carbocycles. The molecule has 0 radical (unpaired) electrons. The maximum absolute atomic E-state index is 12.7. The zero-order valence-corrected chi connectivity index (χ0v) is 14.8. The summed E-state index contributed by atoms with van der Waals surface area (Å²) in [5.41, 5.74) is 1.37. The number of anilines is 1. The van der Waals surface area contributed by atoms with Crippen molar-refractivity contribution < 1.29 is 9.59 Å². The maximum Gasteiger partial charge on any atom is 0.265 e. The molecule has 24 heavy (non-hydrogen) atoms. The predicted molar refractivity (Wildman–Crippen MR) is 97.6 cm³/mol. The van der Waals surface area contributed by atoms with Gasteiger partial charge in [0.2, 0.25) is 0 Å². The molecular formula is C19H22N2O2S.